The fraction of sp³-hybridized carbons (Fsp3) is 0.409. The Morgan fingerprint density at radius 3 is 2.38 bits per heavy atom. The van der Waals surface area contributed by atoms with E-state index < -0.39 is 10.0 Å². The van der Waals surface area contributed by atoms with Crippen LogP contribution in [0.2, 0.25) is 0 Å². The van der Waals surface area contributed by atoms with E-state index in [0.29, 0.717) is 30.8 Å². The molecule has 4 rings (SSSR count). The SMILES string of the molecule is CCS(=O)(=O)N1c2ccc(C(=O)N3CCN(c4ccccc4)CC3)cc2C[C@H]1C. The van der Waals surface area contributed by atoms with Crippen LogP contribution in [0.1, 0.15) is 29.8 Å². The number of anilines is 2. The maximum absolute atomic E-state index is 13.0. The Balaban J connectivity index is 1.48. The molecule has 1 amide bonds. The molecule has 6 nitrogen and oxygen atoms in total. The molecule has 1 fully saturated rings. The van der Waals surface area contributed by atoms with E-state index in [2.05, 4.69) is 17.0 Å². The molecule has 2 aliphatic rings. The Hall–Kier alpha value is -2.54. The number of amides is 1. The molecule has 154 valence electrons. The molecule has 0 unspecified atom stereocenters. The van der Waals surface area contributed by atoms with Gasteiger partial charge in [0.05, 0.1) is 11.4 Å². The van der Waals surface area contributed by atoms with Crippen molar-refractivity contribution >= 4 is 27.3 Å². The predicted octanol–water partition coefficient (Wildman–Crippen LogP) is 2.75. The first-order valence-electron chi connectivity index (χ1n) is 10.1. The van der Waals surface area contributed by atoms with Gasteiger partial charge in [-0.05, 0) is 56.2 Å². The standard InChI is InChI=1S/C22H27N3O3S/c1-3-29(27,28)25-17(2)15-19-16-18(9-10-21(19)25)22(26)24-13-11-23(12-14-24)20-7-5-4-6-8-20/h4-10,16-17H,3,11-15H2,1-2H3/t17-/m1/s1. The summed E-state index contributed by atoms with van der Waals surface area (Å²) < 4.78 is 26.4. The number of rotatable bonds is 4. The van der Waals surface area contributed by atoms with Crippen molar-refractivity contribution < 1.29 is 13.2 Å². The van der Waals surface area contributed by atoms with Gasteiger partial charge in [-0.3, -0.25) is 9.10 Å². The summed E-state index contributed by atoms with van der Waals surface area (Å²) in [5.41, 5.74) is 3.47. The average molecular weight is 414 g/mol. The van der Waals surface area contributed by atoms with Crippen LogP contribution < -0.4 is 9.21 Å². The zero-order chi connectivity index (χ0) is 20.6. The summed E-state index contributed by atoms with van der Waals surface area (Å²) >= 11 is 0. The first kappa shape index (κ1) is 19.8. The molecule has 0 saturated carbocycles. The summed E-state index contributed by atoms with van der Waals surface area (Å²) in [7, 11) is -3.31. The molecule has 0 aliphatic carbocycles. The van der Waals surface area contributed by atoms with E-state index in [1.807, 2.05) is 36.1 Å². The smallest absolute Gasteiger partial charge is 0.253 e. The molecule has 2 heterocycles. The summed E-state index contributed by atoms with van der Waals surface area (Å²) in [6.07, 6.45) is 0.636. The van der Waals surface area contributed by atoms with Crippen LogP contribution in [0.25, 0.3) is 0 Å². The second-order valence-electron chi connectivity index (χ2n) is 7.71. The molecule has 0 spiro atoms. The molecule has 2 aromatic rings. The third-order valence-electron chi connectivity index (χ3n) is 5.83. The van der Waals surface area contributed by atoms with Crippen molar-refractivity contribution in [1.29, 1.82) is 0 Å². The molecule has 2 aliphatic heterocycles. The third kappa shape index (κ3) is 3.71. The van der Waals surface area contributed by atoms with Gasteiger partial charge in [-0.25, -0.2) is 8.42 Å². The van der Waals surface area contributed by atoms with Gasteiger partial charge in [0.15, 0.2) is 0 Å². The highest BCUT2D eigenvalue weighted by molar-refractivity contribution is 7.92. The van der Waals surface area contributed by atoms with Gasteiger partial charge in [0.2, 0.25) is 10.0 Å². The summed E-state index contributed by atoms with van der Waals surface area (Å²) in [6, 6.07) is 15.6. The van der Waals surface area contributed by atoms with Crippen molar-refractivity contribution in [3.63, 3.8) is 0 Å². The highest BCUT2D eigenvalue weighted by atomic mass is 32.2. The van der Waals surface area contributed by atoms with Crippen LogP contribution in [0.5, 0.6) is 0 Å². The maximum atomic E-state index is 13.0. The Morgan fingerprint density at radius 2 is 1.72 bits per heavy atom. The molecule has 1 saturated heterocycles. The number of carbonyl (C=O) groups is 1. The summed E-state index contributed by atoms with van der Waals surface area (Å²) in [6.45, 7) is 6.54. The summed E-state index contributed by atoms with van der Waals surface area (Å²) in [5, 5.41) is 0. The van der Waals surface area contributed by atoms with Crippen LogP contribution in [0.3, 0.4) is 0 Å². The van der Waals surface area contributed by atoms with Gasteiger partial charge >= 0.3 is 0 Å². The molecular formula is C22H27N3O3S. The second kappa shape index (κ2) is 7.71. The highest BCUT2D eigenvalue weighted by Crippen LogP contribution is 2.35. The van der Waals surface area contributed by atoms with Crippen molar-refractivity contribution in [1.82, 2.24) is 4.90 Å². The number of sulfonamides is 1. The van der Waals surface area contributed by atoms with Crippen LogP contribution in [0.15, 0.2) is 48.5 Å². The minimum Gasteiger partial charge on any atom is -0.368 e. The highest BCUT2D eigenvalue weighted by Gasteiger charge is 2.34. The average Bonchev–Trinajstić information content (AvgIpc) is 3.09. The second-order valence-corrected chi connectivity index (χ2v) is 9.84. The summed E-state index contributed by atoms with van der Waals surface area (Å²) in [5.74, 6) is 0.0911. The van der Waals surface area contributed by atoms with Gasteiger partial charge in [-0.15, -0.1) is 0 Å². The number of hydrogen-bond acceptors (Lipinski definition) is 4. The van der Waals surface area contributed by atoms with Crippen LogP contribution in [-0.2, 0) is 16.4 Å². The molecule has 7 heteroatoms. The van der Waals surface area contributed by atoms with Gasteiger partial charge < -0.3 is 9.80 Å². The molecule has 29 heavy (non-hydrogen) atoms. The lowest BCUT2D eigenvalue weighted by Crippen LogP contribution is -2.48. The van der Waals surface area contributed by atoms with E-state index >= 15 is 0 Å². The van der Waals surface area contributed by atoms with Crippen molar-refractivity contribution in [2.45, 2.75) is 26.3 Å². The zero-order valence-corrected chi connectivity index (χ0v) is 17.7. The lowest BCUT2D eigenvalue weighted by atomic mass is 10.1. The fourth-order valence-electron chi connectivity index (χ4n) is 4.29. The molecule has 0 bridgehead atoms. The predicted molar refractivity (Wildman–Crippen MR) is 116 cm³/mol. The minimum absolute atomic E-state index is 0.0185. The lowest BCUT2D eigenvalue weighted by Gasteiger charge is -2.36. The van der Waals surface area contributed by atoms with E-state index in [1.54, 1.807) is 19.1 Å². The van der Waals surface area contributed by atoms with Crippen molar-refractivity contribution in [3.05, 3.63) is 59.7 Å². The van der Waals surface area contributed by atoms with Gasteiger partial charge in [0.25, 0.3) is 5.91 Å². The van der Waals surface area contributed by atoms with Gasteiger partial charge in [0.1, 0.15) is 0 Å². The topological polar surface area (TPSA) is 60.9 Å². The Labute approximate surface area is 172 Å². The fourth-order valence-corrected chi connectivity index (χ4v) is 5.67. The van der Waals surface area contributed by atoms with E-state index in [-0.39, 0.29) is 17.7 Å². The zero-order valence-electron chi connectivity index (χ0n) is 16.9. The molecule has 2 aromatic carbocycles. The maximum Gasteiger partial charge on any atom is 0.253 e. The van der Waals surface area contributed by atoms with Crippen LogP contribution in [0, 0.1) is 0 Å². The van der Waals surface area contributed by atoms with Gasteiger partial charge in [0, 0.05) is 43.5 Å². The van der Waals surface area contributed by atoms with E-state index in [9.17, 15) is 13.2 Å². The van der Waals surface area contributed by atoms with Crippen LogP contribution >= 0.6 is 0 Å². The number of fused-ring (bicyclic) bond motifs is 1. The van der Waals surface area contributed by atoms with Crippen LogP contribution in [0.4, 0.5) is 11.4 Å². The number of benzene rings is 2. The molecule has 1 atom stereocenters. The minimum atomic E-state index is -3.31. The quantitative estimate of drug-likeness (QED) is 0.773. The number of carbonyl (C=O) groups excluding carboxylic acids is 1. The molecule has 0 radical (unpaired) electrons. The first-order chi connectivity index (χ1) is 13.9. The lowest BCUT2D eigenvalue weighted by molar-refractivity contribution is 0.0746. The Kier molecular flexibility index (Phi) is 5.25. The summed E-state index contributed by atoms with van der Waals surface area (Å²) in [4.78, 5) is 17.2. The molecular weight excluding hydrogens is 386 g/mol. The van der Waals surface area contributed by atoms with E-state index in [1.165, 1.54) is 9.99 Å². The van der Waals surface area contributed by atoms with Crippen molar-refractivity contribution in [2.24, 2.45) is 0 Å². The largest absolute Gasteiger partial charge is 0.368 e. The van der Waals surface area contributed by atoms with Gasteiger partial charge in [-0.1, -0.05) is 18.2 Å². The van der Waals surface area contributed by atoms with E-state index in [0.717, 1.165) is 18.7 Å². The number of nitrogens with zero attached hydrogens (tertiary/aromatic N) is 3. The monoisotopic (exact) mass is 413 g/mol. The Morgan fingerprint density at radius 1 is 1.03 bits per heavy atom. The first-order valence-corrected chi connectivity index (χ1v) is 11.8. The number of para-hydroxylation sites is 1. The number of hydrogen-bond donors (Lipinski definition) is 0. The van der Waals surface area contributed by atoms with Crippen LogP contribution in [-0.4, -0.2) is 57.2 Å². The van der Waals surface area contributed by atoms with Gasteiger partial charge in [-0.2, -0.15) is 0 Å². The third-order valence-corrected chi connectivity index (χ3v) is 7.72. The van der Waals surface area contributed by atoms with E-state index in [4.69, 9.17) is 0 Å². The molecule has 0 N–H and O–H groups in total. The van der Waals surface area contributed by atoms with Crippen molar-refractivity contribution in [3.8, 4) is 0 Å². The molecule has 0 aromatic heterocycles. The number of piperazine rings is 1. The van der Waals surface area contributed by atoms with Crippen molar-refractivity contribution in [2.75, 3.05) is 41.1 Å². The Bertz CT molecular complexity index is 999. The normalized spacial score (nSPS) is 19.4.